The van der Waals surface area contributed by atoms with Crippen molar-refractivity contribution in [1.82, 2.24) is 19.5 Å². The Labute approximate surface area is 158 Å². The van der Waals surface area contributed by atoms with Crippen LogP contribution in [-0.4, -0.2) is 38.0 Å². The summed E-state index contributed by atoms with van der Waals surface area (Å²) < 4.78 is 16.4. The number of hydrogen-bond donors (Lipinski definition) is 0. The zero-order valence-corrected chi connectivity index (χ0v) is 15.6. The van der Waals surface area contributed by atoms with Gasteiger partial charge in [-0.2, -0.15) is 5.10 Å². The van der Waals surface area contributed by atoms with Crippen LogP contribution in [0.15, 0.2) is 53.3 Å². The zero-order chi connectivity index (χ0) is 18.3. The Hall–Kier alpha value is -2.54. The molecule has 0 saturated heterocycles. The number of hydrogen-bond acceptors (Lipinski definition) is 3. The maximum Gasteiger partial charge on any atom is 0.274 e. The lowest BCUT2D eigenvalue weighted by Gasteiger charge is -2.32. The molecule has 1 amide bonds. The Morgan fingerprint density at radius 2 is 2.15 bits per heavy atom. The number of rotatable bonds is 2. The molecule has 3 aromatic rings. The van der Waals surface area contributed by atoms with Crippen molar-refractivity contribution in [2.75, 3.05) is 6.54 Å². The molecule has 3 heterocycles. The number of fused-ring (bicyclic) bond motifs is 1. The molecule has 0 spiro atoms. The van der Waals surface area contributed by atoms with E-state index in [1.165, 1.54) is 6.07 Å². The molecule has 1 aromatic carbocycles. The van der Waals surface area contributed by atoms with Gasteiger partial charge in [-0.15, -0.1) is 0 Å². The zero-order valence-electron chi connectivity index (χ0n) is 14.1. The van der Waals surface area contributed by atoms with Crippen LogP contribution in [0.3, 0.4) is 0 Å². The number of nitrogens with zero attached hydrogens (tertiary/aromatic N) is 4. The van der Waals surface area contributed by atoms with E-state index in [1.807, 2.05) is 19.1 Å². The average molecular weight is 415 g/mol. The van der Waals surface area contributed by atoms with Gasteiger partial charge in [0.15, 0.2) is 11.3 Å². The summed E-state index contributed by atoms with van der Waals surface area (Å²) >= 11 is 3.34. The van der Waals surface area contributed by atoms with Gasteiger partial charge in [-0.25, -0.2) is 13.9 Å². The highest BCUT2D eigenvalue weighted by Gasteiger charge is 2.27. The molecule has 0 N–H and O–H groups in total. The first-order chi connectivity index (χ1) is 12.5. The van der Waals surface area contributed by atoms with Crippen LogP contribution in [-0.2, 0) is 0 Å². The summed E-state index contributed by atoms with van der Waals surface area (Å²) in [5.74, 6) is -0.384. The Bertz CT molecular complexity index is 1030. The predicted octanol–water partition coefficient (Wildman–Crippen LogP) is 3.95. The van der Waals surface area contributed by atoms with Gasteiger partial charge in [0.05, 0.1) is 4.47 Å². The van der Waals surface area contributed by atoms with Crippen LogP contribution < -0.4 is 0 Å². The molecule has 132 valence electrons. The third-order valence-electron chi connectivity index (χ3n) is 4.56. The van der Waals surface area contributed by atoms with Crippen LogP contribution in [0.4, 0.5) is 4.39 Å². The van der Waals surface area contributed by atoms with Crippen LogP contribution in [0.25, 0.3) is 11.2 Å². The SMILES string of the molecule is CC1CC(c2ccccc2F)=CCN1C(=O)c1cc2ncc(Br)cn2n1. The van der Waals surface area contributed by atoms with Gasteiger partial charge in [-0.05, 0) is 40.9 Å². The summed E-state index contributed by atoms with van der Waals surface area (Å²) in [5, 5.41) is 4.33. The second-order valence-corrected chi connectivity index (χ2v) is 7.24. The van der Waals surface area contributed by atoms with Gasteiger partial charge in [0.25, 0.3) is 5.91 Å². The maximum absolute atomic E-state index is 14.0. The third kappa shape index (κ3) is 3.03. The van der Waals surface area contributed by atoms with Crippen molar-refractivity contribution in [2.45, 2.75) is 19.4 Å². The van der Waals surface area contributed by atoms with Crippen molar-refractivity contribution in [3.8, 4) is 0 Å². The lowest BCUT2D eigenvalue weighted by Crippen LogP contribution is -2.41. The summed E-state index contributed by atoms with van der Waals surface area (Å²) in [6.45, 7) is 2.39. The molecule has 0 fully saturated rings. The van der Waals surface area contributed by atoms with Gasteiger partial charge >= 0.3 is 0 Å². The Morgan fingerprint density at radius 1 is 1.35 bits per heavy atom. The van der Waals surface area contributed by atoms with E-state index in [-0.39, 0.29) is 17.8 Å². The summed E-state index contributed by atoms with van der Waals surface area (Å²) in [7, 11) is 0. The highest BCUT2D eigenvalue weighted by Crippen LogP contribution is 2.28. The van der Waals surface area contributed by atoms with E-state index in [4.69, 9.17) is 0 Å². The standard InChI is InChI=1S/C19H16BrFN4O/c1-12-8-13(15-4-2-3-5-16(15)21)6-7-24(12)19(26)17-9-18-22-10-14(20)11-25(18)23-17/h2-6,9-12H,7-8H2,1H3. The fourth-order valence-electron chi connectivity index (χ4n) is 3.23. The first kappa shape index (κ1) is 16.9. The first-order valence-electron chi connectivity index (χ1n) is 8.29. The van der Waals surface area contributed by atoms with Gasteiger partial charge in [0.2, 0.25) is 0 Å². The van der Waals surface area contributed by atoms with Crippen molar-refractivity contribution in [3.05, 3.63) is 70.3 Å². The third-order valence-corrected chi connectivity index (χ3v) is 4.97. The van der Waals surface area contributed by atoms with Crippen LogP contribution >= 0.6 is 15.9 Å². The normalized spacial score (nSPS) is 17.4. The van der Waals surface area contributed by atoms with Crippen molar-refractivity contribution in [2.24, 2.45) is 0 Å². The highest BCUT2D eigenvalue weighted by molar-refractivity contribution is 9.10. The molecular formula is C19H16BrFN4O. The minimum atomic E-state index is -0.234. The molecule has 4 rings (SSSR count). The maximum atomic E-state index is 14.0. The predicted molar refractivity (Wildman–Crippen MR) is 100 cm³/mol. The van der Waals surface area contributed by atoms with Crippen LogP contribution in [0.2, 0.25) is 0 Å². The van der Waals surface area contributed by atoms with Gasteiger partial charge in [0.1, 0.15) is 5.82 Å². The molecule has 26 heavy (non-hydrogen) atoms. The topological polar surface area (TPSA) is 50.5 Å². The van der Waals surface area contributed by atoms with Crippen molar-refractivity contribution < 1.29 is 9.18 Å². The Kier molecular flexibility index (Phi) is 4.32. The Morgan fingerprint density at radius 3 is 2.92 bits per heavy atom. The first-order valence-corrected chi connectivity index (χ1v) is 9.08. The number of carbonyl (C=O) groups excluding carboxylic acids is 1. The quantitative estimate of drug-likeness (QED) is 0.637. The molecule has 0 aliphatic carbocycles. The van der Waals surface area contributed by atoms with Gasteiger partial charge in [-0.3, -0.25) is 4.79 Å². The van der Waals surface area contributed by atoms with Crippen LogP contribution in [0.5, 0.6) is 0 Å². The van der Waals surface area contributed by atoms with E-state index in [1.54, 1.807) is 40.0 Å². The number of aromatic nitrogens is 3. The van der Waals surface area contributed by atoms with Crippen molar-refractivity contribution >= 4 is 33.1 Å². The van der Waals surface area contributed by atoms with E-state index in [9.17, 15) is 9.18 Å². The minimum absolute atomic E-state index is 0.0494. The van der Waals surface area contributed by atoms with Crippen LogP contribution in [0, 0.1) is 5.82 Å². The number of benzene rings is 1. The molecule has 5 nitrogen and oxygen atoms in total. The van der Waals surface area contributed by atoms with Crippen molar-refractivity contribution in [1.29, 1.82) is 0 Å². The van der Waals surface area contributed by atoms with E-state index >= 15 is 0 Å². The molecule has 1 aliphatic rings. The second-order valence-electron chi connectivity index (χ2n) is 6.32. The molecule has 7 heteroatoms. The largest absolute Gasteiger partial charge is 0.330 e. The summed E-state index contributed by atoms with van der Waals surface area (Å²) in [6.07, 6.45) is 5.94. The van der Waals surface area contributed by atoms with Gasteiger partial charge in [0, 0.05) is 36.6 Å². The molecule has 2 aromatic heterocycles. The molecule has 1 aliphatic heterocycles. The number of carbonyl (C=O) groups is 1. The monoisotopic (exact) mass is 414 g/mol. The molecule has 0 radical (unpaired) electrons. The Balaban J connectivity index is 1.60. The smallest absolute Gasteiger partial charge is 0.274 e. The van der Waals surface area contributed by atoms with E-state index in [0.717, 1.165) is 10.0 Å². The lowest BCUT2D eigenvalue weighted by atomic mass is 9.94. The lowest BCUT2D eigenvalue weighted by molar-refractivity contribution is 0.0705. The van der Waals surface area contributed by atoms with Gasteiger partial charge < -0.3 is 4.90 Å². The average Bonchev–Trinajstić information content (AvgIpc) is 3.04. The van der Waals surface area contributed by atoms with Crippen molar-refractivity contribution in [3.63, 3.8) is 0 Å². The molecule has 1 atom stereocenters. The molecule has 1 unspecified atom stereocenters. The minimum Gasteiger partial charge on any atom is -0.330 e. The summed E-state index contributed by atoms with van der Waals surface area (Å²) in [6, 6.07) is 8.36. The molecule has 0 bridgehead atoms. The summed E-state index contributed by atoms with van der Waals surface area (Å²) in [5.41, 5.74) is 2.50. The van der Waals surface area contributed by atoms with E-state index < -0.39 is 0 Å². The second kappa shape index (κ2) is 6.64. The van der Waals surface area contributed by atoms with E-state index in [2.05, 4.69) is 26.0 Å². The highest BCUT2D eigenvalue weighted by atomic mass is 79.9. The number of halogens is 2. The van der Waals surface area contributed by atoms with E-state index in [0.29, 0.717) is 29.9 Å². The fourth-order valence-corrected chi connectivity index (χ4v) is 3.53. The molecular weight excluding hydrogens is 399 g/mol. The summed E-state index contributed by atoms with van der Waals surface area (Å²) in [4.78, 5) is 18.9. The fraction of sp³-hybridized carbons (Fsp3) is 0.211. The van der Waals surface area contributed by atoms with Gasteiger partial charge in [-0.1, -0.05) is 24.3 Å². The molecule has 0 saturated carbocycles. The van der Waals surface area contributed by atoms with Crippen LogP contribution in [0.1, 0.15) is 29.4 Å². The number of amides is 1.